The average molecular weight is 306 g/mol. The third kappa shape index (κ3) is 5.35. The van der Waals surface area contributed by atoms with Crippen molar-refractivity contribution in [2.75, 3.05) is 25.2 Å². The van der Waals surface area contributed by atoms with Crippen LogP contribution in [0, 0.1) is 0 Å². The number of rotatable bonds is 6. The second kappa shape index (κ2) is 6.62. The smallest absolute Gasteiger partial charge is 0.367 e. The van der Waals surface area contributed by atoms with Gasteiger partial charge in [-0.05, 0) is 6.92 Å². The van der Waals surface area contributed by atoms with Gasteiger partial charge in [0.1, 0.15) is 15.5 Å². The van der Waals surface area contributed by atoms with Crippen LogP contribution >= 0.6 is 11.3 Å². The van der Waals surface area contributed by atoms with Crippen molar-refractivity contribution in [3.05, 3.63) is 16.1 Å². The predicted molar refractivity (Wildman–Crippen MR) is 70.1 cm³/mol. The van der Waals surface area contributed by atoms with Gasteiger partial charge in [0, 0.05) is 18.2 Å². The molecule has 1 aromatic heterocycles. The molecule has 0 spiro atoms. The molecule has 1 heterocycles. The zero-order chi connectivity index (χ0) is 14.5. The first-order valence-corrected chi connectivity index (χ1v) is 8.36. The molecular weight excluding hydrogens is 292 g/mol. The van der Waals surface area contributed by atoms with E-state index in [4.69, 9.17) is 4.74 Å². The van der Waals surface area contributed by atoms with Crippen LogP contribution in [-0.4, -0.2) is 50.4 Å². The lowest BCUT2D eigenvalue weighted by molar-refractivity contribution is 0.0526. The molecule has 0 saturated heterocycles. The summed E-state index contributed by atoms with van der Waals surface area (Å²) >= 11 is 1.00. The topological polar surface area (TPSA) is 102 Å². The number of amides is 1. The van der Waals surface area contributed by atoms with Crippen LogP contribution in [0.4, 0.5) is 0 Å². The van der Waals surface area contributed by atoms with Crippen LogP contribution in [0.2, 0.25) is 0 Å². The van der Waals surface area contributed by atoms with Crippen LogP contribution in [0.25, 0.3) is 0 Å². The Balaban J connectivity index is 2.56. The predicted octanol–water partition coefficient (Wildman–Crippen LogP) is 0.0942. The Morgan fingerprint density at radius 1 is 1.47 bits per heavy atom. The molecule has 0 aliphatic rings. The van der Waals surface area contributed by atoms with E-state index in [0.29, 0.717) is 0 Å². The second-order valence-electron chi connectivity index (χ2n) is 3.64. The molecule has 1 amide bonds. The van der Waals surface area contributed by atoms with Gasteiger partial charge in [-0.1, -0.05) is 0 Å². The first-order chi connectivity index (χ1) is 8.83. The number of nitrogens with one attached hydrogen (secondary N) is 1. The van der Waals surface area contributed by atoms with Crippen LogP contribution in [0.1, 0.15) is 27.2 Å². The molecule has 1 rings (SSSR count). The van der Waals surface area contributed by atoms with Gasteiger partial charge < -0.3 is 10.1 Å². The lowest BCUT2D eigenvalue weighted by Crippen LogP contribution is -2.29. The van der Waals surface area contributed by atoms with Crippen LogP contribution in [-0.2, 0) is 14.6 Å². The number of carbonyl (C=O) groups is 2. The highest BCUT2D eigenvalue weighted by atomic mass is 32.2. The summed E-state index contributed by atoms with van der Waals surface area (Å²) in [6, 6.07) is 0. The minimum atomic E-state index is -3.12. The molecule has 0 aliphatic carbocycles. The Kier molecular flexibility index (Phi) is 5.43. The molecule has 0 atom stereocenters. The summed E-state index contributed by atoms with van der Waals surface area (Å²) in [5.41, 5.74) is 0.0709. The number of hydrogen-bond donors (Lipinski definition) is 1. The van der Waals surface area contributed by atoms with Crippen molar-refractivity contribution in [3.63, 3.8) is 0 Å². The van der Waals surface area contributed by atoms with Crippen LogP contribution in [0.5, 0.6) is 0 Å². The molecule has 1 aromatic rings. The van der Waals surface area contributed by atoms with Crippen molar-refractivity contribution < 1.29 is 22.7 Å². The van der Waals surface area contributed by atoms with E-state index in [0.717, 1.165) is 17.6 Å². The van der Waals surface area contributed by atoms with Crippen molar-refractivity contribution in [1.82, 2.24) is 10.3 Å². The fourth-order valence-electron chi connectivity index (χ4n) is 1.11. The van der Waals surface area contributed by atoms with Crippen molar-refractivity contribution in [2.24, 2.45) is 0 Å². The van der Waals surface area contributed by atoms with Crippen molar-refractivity contribution in [1.29, 1.82) is 0 Å². The molecule has 1 N–H and O–H groups in total. The number of esters is 1. The van der Waals surface area contributed by atoms with E-state index in [2.05, 4.69) is 10.3 Å². The zero-order valence-electron chi connectivity index (χ0n) is 10.5. The molecule has 106 valence electrons. The number of aromatic nitrogens is 1. The summed E-state index contributed by atoms with van der Waals surface area (Å²) in [5.74, 6) is -1.24. The van der Waals surface area contributed by atoms with Gasteiger partial charge in [-0.25, -0.2) is 18.2 Å². The highest BCUT2D eigenvalue weighted by molar-refractivity contribution is 7.90. The lowest BCUT2D eigenvalue weighted by Gasteiger charge is -2.01. The van der Waals surface area contributed by atoms with Crippen LogP contribution < -0.4 is 5.32 Å². The van der Waals surface area contributed by atoms with Gasteiger partial charge in [0.15, 0.2) is 0 Å². The number of sulfone groups is 1. The second-order valence-corrected chi connectivity index (χ2v) is 6.76. The summed E-state index contributed by atoms with van der Waals surface area (Å²) < 4.78 is 26.5. The number of thiazole rings is 1. The van der Waals surface area contributed by atoms with E-state index in [9.17, 15) is 18.0 Å². The van der Waals surface area contributed by atoms with E-state index in [1.807, 2.05) is 0 Å². The van der Waals surface area contributed by atoms with Gasteiger partial charge in [-0.2, -0.15) is 0 Å². The van der Waals surface area contributed by atoms with E-state index < -0.39 is 21.7 Å². The molecule has 0 unspecified atom stereocenters. The zero-order valence-corrected chi connectivity index (χ0v) is 12.1. The maximum absolute atomic E-state index is 11.6. The van der Waals surface area contributed by atoms with Gasteiger partial charge in [-0.3, -0.25) is 4.79 Å². The van der Waals surface area contributed by atoms with Gasteiger partial charge in [-0.15, -0.1) is 11.3 Å². The van der Waals surface area contributed by atoms with E-state index in [1.165, 1.54) is 5.38 Å². The average Bonchev–Trinajstić information content (AvgIpc) is 2.76. The number of hydrogen-bond acceptors (Lipinski definition) is 7. The Bertz CT molecular complexity index is 564. The summed E-state index contributed by atoms with van der Waals surface area (Å²) in [5, 5.41) is 3.93. The van der Waals surface area contributed by atoms with Crippen molar-refractivity contribution in [2.45, 2.75) is 6.92 Å². The van der Waals surface area contributed by atoms with Gasteiger partial charge in [0.05, 0.1) is 12.4 Å². The molecule has 19 heavy (non-hydrogen) atoms. The highest BCUT2D eigenvalue weighted by Crippen LogP contribution is 2.11. The first kappa shape index (κ1) is 15.6. The van der Waals surface area contributed by atoms with E-state index >= 15 is 0 Å². The van der Waals surface area contributed by atoms with Gasteiger partial charge >= 0.3 is 5.97 Å². The first-order valence-electron chi connectivity index (χ1n) is 5.42. The summed E-state index contributed by atoms with van der Waals surface area (Å²) in [7, 11) is -3.12. The quantitative estimate of drug-likeness (QED) is 0.747. The fourth-order valence-corrected chi connectivity index (χ4v) is 2.27. The number of ether oxygens (including phenoxy) is 1. The Morgan fingerprint density at radius 2 is 2.16 bits per heavy atom. The SMILES string of the molecule is CCOC(=O)c1nc(C(=O)NCCS(C)(=O)=O)cs1. The third-order valence-corrected chi connectivity index (χ3v) is 3.71. The molecular formula is C10H14N2O5S2. The third-order valence-electron chi connectivity index (χ3n) is 1.95. The molecule has 9 heteroatoms. The maximum atomic E-state index is 11.6. The molecule has 0 radical (unpaired) electrons. The van der Waals surface area contributed by atoms with Gasteiger partial charge in [0.2, 0.25) is 5.01 Å². The number of carbonyl (C=O) groups excluding carboxylic acids is 2. The summed E-state index contributed by atoms with van der Waals surface area (Å²) in [6.07, 6.45) is 1.08. The minimum absolute atomic E-state index is 0.00390. The molecule has 0 aliphatic heterocycles. The van der Waals surface area contributed by atoms with Crippen LogP contribution in [0.3, 0.4) is 0 Å². The maximum Gasteiger partial charge on any atom is 0.367 e. The molecule has 0 aromatic carbocycles. The Labute approximate surface area is 114 Å². The lowest BCUT2D eigenvalue weighted by atomic mass is 10.4. The Morgan fingerprint density at radius 3 is 2.74 bits per heavy atom. The Hall–Kier alpha value is -1.48. The monoisotopic (exact) mass is 306 g/mol. The molecule has 0 bridgehead atoms. The fraction of sp³-hybridized carbons (Fsp3) is 0.500. The largest absolute Gasteiger partial charge is 0.461 e. The molecule has 7 nitrogen and oxygen atoms in total. The van der Waals surface area contributed by atoms with Crippen molar-refractivity contribution in [3.8, 4) is 0 Å². The minimum Gasteiger partial charge on any atom is -0.461 e. The number of nitrogens with zero attached hydrogens (tertiary/aromatic N) is 1. The normalized spacial score (nSPS) is 11.1. The van der Waals surface area contributed by atoms with E-state index in [1.54, 1.807) is 6.92 Å². The summed E-state index contributed by atoms with van der Waals surface area (Å²) in [4.78, 5) is 26.8. The van der Waals surface area contributed by atoms with Gasteiger partial charge in [0.25, 0.3) is 5.91 Å². The standard InChI is InChI=1S/C10H14N2O5S2/c1-3-17-10(14)9-12-7(6-18-9)8(13)11-4-5-19(2,15)16/h6H,3-5H2,1-2H3,(H,11,13). The van der Waals surface area contributed by atoms with Crippen molar-refractivity contribution >= 4 is 33.1 Å². The molecule has 0 saturated carbocycles. The molecule has 0 fully saturated rings. The van der Waals surface area contributed by atoms with E-state index in [-0.39, 0.29) is 29.6 Å². The van der Waals surface area contributed by atoms with Crippen LogP contribution in [0.15, 0.2) is 5.38 Å². The summed E-state index contributed by atoms with van der Waals surface area (Å²) in [6.45, 7) is 1.91. The highest BCUT2D eigenvalue weighted by Gasteiger charge is 2.16.